The lowest BCUT2D eigenvalue weighted by Crippen LogP contribution is -2.09. The molecule has 0 saturated heterocycles. The van der Waals surface area contributed by atoms with E-state index in [0.717, 1.165) is 61.3 Å². The second kappa shape index (κ2) is 13.7. The number of hydrogen-bond acceptors (Lipinski definition) is 3. The van der Waals surface area contributed by atoms with Gasteiger partial charge in [0.2, 0.25) is 0 Å². The largest absolute Gasteiger partial charge is 0.456 e. The molecule has 0 bridgehead atoms. The Hall–Kier alpha value is -8.18. The molecule has 298 valence electrons. The van der Waals surface area contributed by atoms with Gasteiger partial charge in [-0.15, -0.1) is 11.3 Å². The zero-order chi connectivity index (χ0) is 41.9. The normalized spacial score (nSPS) is 12.1. The summed E-state index contributed by atoms with van der Waals surface area (Å²) in [5.41, 5.74) is 10.7. The van der Waals surface area contributed by atoms with Crippen LogP contribution in [0.2, 0.25) is 0 Å². The van der Waals surface area contributed by atoms with E-state index >= 15 is 0 Å². The van der Waals surface area contributed by atoms with Gasteiger partial charge in [0.05, 0.1) is 11.0 Å². The fraction of sp³-hybridized carbons (Fsp3) is 0. The molecule has 64 heavy (non-hydrogen) atoms. The molecule has 0 atom stereocenters. The molecule has 0 aliphatic rings. The minimum atomic E-state index is 0.870. The van der Waals surface area contributed by atoms with Crippen molar-refractivity contribution >= 4 is 125 Å². The fourth-order valence-corrected chi connectivity index (χ4v) is 11.7. The van der Waals surface area contributed by atoms with Crippen LogP contribution in [0.5, 0.6) is 0 Å². The van der Waals surface area contributed by atoms with Crippen molar-refractivity contribution < 1.29 is 4.42 Å². The first-order chi connectivity index (χ1) is 31.7. The lowest BCUT2D eigenvalue weighted by atomic mass is 9.89. The summed E-state index contributed by atoms with van der Waals surface area (Å²) in [5.74, 6) is 0. The third-order valence-electron chi connectivity index (χ3n) is 13.3. The Balaban J connectivity index is 1.09. The summed E-state index contributed by atoms with van der Waals surface area (Å²) in [5, 5.41) is 14.8. The molecule has 3 heterocycles. The Labute approximate surface area is 371 Å². The highest BCUT2D eigenvalue weighted by Gasteiger charge is 2.25. The van der Waals surface area contributed by atoms with Gasteiger partial charge in [-0.3, -0.25) is 0 Å². The zero-order valence-corrected chi connectivity index (χ0v) is 35.3. The molecule has 0 saturated carbocycles. The van der Waals surface area contributed by atoms with Gasteiger partial charge in [0.15, 0.2) is 0 Å². The maximum Gasteiger partial charge on any atom is 0.138 e. The highest BCUT2D eigenvalue weighted by atomic mass is 32.1. The van der Waals surface area contributed by atoms with Gasteiger partial charge in [-0.05, 0) is 105 Å². The molecule has 3 aromatic heterocycles. The molecule has 0 spiro atoms. The minimum absolute atomic E-state index is 0.870. The quantitative estimate of drug-likeness (QED) is 0.161. The number of aromatic nitrogens is 1. The van der Waals surface area contributed by atoms with Gasteiger partial charge in [0.25, 0.3) is 0 Å². The van der Waals surface area contributed by atoms with E-state index in [1.165, 1.54) is 68.8 Å². The van der Waals surface area contributed by atoms with Crippen molar-refractivity contribution in [3.63, 3.8) is 0 Å². The van der Waals surface area contributed by atoms with Crippen LogP contribution in [-0.2, 0) is 0 Å². The fourth-order valence-electron chi connectivity index (χ4n) is 10.6. The van der Waals surface area contributed by atoms with Crippen LogP contribution in [0.4, 0.5) is 17.1 Å². The number of anilines is 3. The van der Waals surface area contributed by atoms with Crippen LogP contribution in [0, 0.1) is 0 Å². The molecule has 0 aliphatic carbocycles. The number of furan rings is 1. The first-order valence-corrected chi connectivity index (χ1v) is 22.6. The van der Waals surface area contributed by atoms with Gasteiger partial charge in [-0.25, -0.2) is 0 Å². The molecule has 0 aliphatic heterocycles. The highest BCUT2D eigenvalue weighted by molar-refractivity contribution is 7.25. The average Bonchev–Trinajstić information content (AvgIpc) is 4.03. The van der Waals surface area contributed by atoms with Crippen molar-refractivity contribution in [1.82, 2.24) is 4.57 Å². The summed E-state index contributed by atoms with van der Waals surface area (Å²) < 4.78 is 11.9. The van der Waals surface area contributed by atoms with Gasteiger partial charge in [-0.1, -0.05) is 146 Å². The molecule has 0 fully saturated rings. The van der Waals surface area contributed by atoms with Gasteiger partial charge in [-0.2, -0.15) is 0 Å². The SMILES string of the molecule is c1ccc(N(c2ccc3c(c2)sc2ccccc23)c2ccc3c4c(-c5ccc6c7ccccc7c7ccccc7c6c5)c5c(cc4n(-c4ccccc4)c3c2)oc2ccccc25)cc1. The summed E-state index contributed by atoms with van der Waals surface area (Å²) in [6, 6.07) is 79.7. The number of para-hydroxylation sites is 3. The third kappa shape index (κ3) is 5.15. The van der Waals surface area contributed by atoms with E-state index in [2.05, 4.69) is 228 Å². The van der Waals surface area contributed by atoms with E-state index in [1.807, 2.05) is 11.3 Å². The number of benzene rings is 11. The molecule has 14 rings (SSSR count). The Bertz CT molecular complexity index is 4160. The maximum atomic E-state index is 6.84. The summed E-state index contributed by atoms with van der Waals surface area (Å²) >= 11 is 1.85. The van der Waals surface area contributed by atoms with Gasteiger partial charge in [0.1, 0.15) is 11.2 Å². The Kier molecular flexibility index (Phi) is 7.56. The topological polar surface area (TPSA) is 21.3 Å². The molecule has 0 radical (unpaired) electrons. The van der Waals surface area contributed by atoms with E-state index in [0.29, 0.717) is 0 Å². The number of fused-ring (bicyclic) bond motifs is 15. The van der Waals surface area contributed by atoms with Crippen LogP contribution < -0.4 is 4.90 Å². The molecule has 11 aromatic carbocycles. The van der Waals surface area contributed by atoms with Crippen molar-refractivity contribution in [2.24, 2.45) is 0 Å². The van der Waals surface area contributed by atoms with Gasteiger partial charge in [0, 0.05) is 76.1 Å². The van der Waals surface area contributed by atoms with Crippen LogP contribution in [-0.4, -0.2) is 4.57 Å². The monoisotopic (exact) mass is 832 g/mol. The van der Waals surface area contributed by atoms with Crippen LogP contribution in [0.15, 0.2) is 223 Å². The number of nitrogens with zero attached hydrogens (tertiary/aromatic N) is 2. The second-order valence-corrected chi connectivity index (χ2v) is 17.9. The van der Waals surface area contributed by atoms with Crippen LogP contribution in [0.1, 0.15) is 0 Å². The Morgan fingerprint density at radius 3 is 1.66 bits per heavy atom. The van der Waals surface area contributed by atoms with Crippen LogP contribution in [0.25, 0.3) is 113 Å². The minimum Gasteiger partial charge on any atom is -0.456 e. The summed E-state index contributed by atoms with van der Waals surface area (Å²) in [6.45, 7) is 0. The predicted molar refractivity (Wildman–Crippen MR) is 274 cm³/mol. The Morgan fingerprint density at radius 2 is 0.906 bits per heavy atom. The first kappa shape index (κ1) is 35.4. The van der Waals surface area contributed by atoms with Gasteiger partial charge < -0.3 is 13.9 Å². The third-order valence-corrected chi connectivity index (χ3v) is 14.5. The highest BCUT2D eigenvalue weighted by Crippen LogP contribution is 2.49. The lowest BCUT2D eigenvalue weighted by molar-refractivity contribution is 0.669. The molecule has 0 N–H and O–H groups in total. The van der Waals surface area contributed by atoms with Crippen molar-refractivity contribution in [3.05, 3.63) is 218 Å². The number of rotatable bonds is 5. The molecule has 3 nitrogen and oxygen atoms in total. The number of thiophene rings is 1. The van der Waals surface area contributed by atoms with E-state index in [4.69, 9.17) is 4.42 Å². The van der Waals surface area contributed by atoms with Crippen LogP contribution in [0.3, 0.4) is 0 Å². The molecule has 4 heteroatoms. The standard InChI is InChI=1S/C60H36N2OS/c1-3-15-38(16-4-1)61(41-28-31-48-47-23-12-14-26-56(47)64-57(48)35-41)40-29-32-49-52(34-40)62(39-17-5-2-6-18-39)53-36-55-60(50-24-11-13-25-54(50)63-55)58(59(49)53)37-27-30-46-44-21-8-7-19-42(44)43-20-9-10-22-45(43)51(46)33-37/h1-36H. The predicted octanol–water partition coefficient (Wildman–Crippen LogP) is 17.6. The molecule has 0 unspecified atom stereocenters. The van der Waals surface area contributed by atoms with Crippen molar-refractivity contribution in [1.29, 1.82) is 0 Å². The second-order valence-electron chi connectivity index (χ2n) is 16.8. The Morgan fingerprint density at radius 1 is 0.344 bits per heavy atom. The van der Waals surface area contributed by atoms with Crippen molar-refractivity contribution in [3.8, 4) is 16.8 Å². The lowest BCUT2D eigenvalue weighted by Gasteiger charge is -2.26. The van der Waals surface area contributed by atoms with Crippen LogP contribution >= 0.6 is 11.3 Å². The van der Waals surface area contributed by atoms with Crippen molar-refractivity contribution in [2.75, 3.05) is 4.90 Å². The van der Waals surface area contributed by atoms with E-state index in [1.54, 1.807) is 0 Å². The molecular formula is C60H36N2OS. The van der Waals surface area contributed by atoms with Gasteiger partial charge >= 0.3 is 0 Å². The zero-order valence-electron chi connectivity index (χ0n) is 34.5. The van der Waals surface area contributed by atoms with E-state index < -0.39 is 0 Å². The molecule has 0 amide bonds. The van der Waals surface area contributed by atoms with E-state index in [9.17, 15) is 0 Å². The smallest absolute Gasteiger partial charge is 0.138 e. The summed E-state index contributed by atoms with van der Waals surface area (Å²) in [6.07, 6.45) is 0. The maximum absolute atomic E-state index is 6.84. The number of hydrogen-bond donors (Lipinski definition) is 0. The molecular weight excluding hydrogens is 797 g/mol. The summed E-state index contributed by atoms with van der Waals surface area (Å²) in [4.78, 5) is 2.40. The first-order valence-electron chi connectivity index (χ1n) is 21.8. The summed E-state index contributed by atoms with van der Waals surface area (Å²) in [7, 11) is 0. The molecule has 14 aromatic rings. The van der Waals surface area contributed by atoms with E-state index in [-0.39, 0.29) is 0 Å². The average molecular weight is 833 g/mol. The van der Waals surface area contributed by atoms with Crippen molar-refractivity contribution in [2.45, 2.75) is 0 Å².